The second kappa shape index (κ2) is 3.41. The van der Waals surface area contributed by atoms with E-state index in [1.54, 1.807) is 18.4 Å². The molecular weight excluding hydrogens is 172 g/mol. The molecule has 0 atom stereocenters. The molecule has 0 radical (unpaired) electrons. The zero-order valence-corrected chi connectivity index (χ0v) is 7.80. The Labute approximate surface area is 75.8 Å². The summed E-state index contributed by atoms with van der Waals surface area (Å²) in [5, 5.41) is 6.35. The number of anilines is 1. The van der Waals surface area contributed by atoms with Crippen LogP contribution in [0.25, 0.3) is 0 Å². The van der Waals surface area contributed by atoms with E-state index < -0.39 is 0 Å². The van der Waals surface area contributed by atoms with Crippen LogP contribution in [0.2, 0.25) is 0 Å². The fourth-order valence-corrected chi connectivity index (χ4v) is 1.95. The van der Waals surface area contributed by atoms with Crippen molar-refractivity contribution in [3.63, 3.8) is 0 Å². The molecule has 0 amide bonds. The lowest BCUT2D eigenvalue weighted by Gasteiger charge is -2.34. The second-order valence-corrected chi connectivity index (χ2v) is 3.90. The zero-order valence-electron chi connectivity index (χ0n) is 6.99. The van der Waals surface area contributed by atoms with Crippen molar-refractivity contribution in [2.45, 2.75) is 25.0 Å². The third kappa shape index (κ3) is 1.59. The minimum atomic E-state index is 0.461. The van der Waals surface area contributed by atoms with Gasteiger partial charge in [-0.15, -0.1) is 11.3 Å². The van der Waals surface area contributed by atoms with Gasteiger partial charge in [-0.05, 0) is 12.8 Å². The predicted octanol–water partition coefficient (Wildman–Crippen LogP) is 1.73. The smallest absolute Gasteiger partial charge is 0.182 e. The minimum absolute atomic E-state index is 0.461. The summed E-state index contributed by atoms with van der Waals surface area (Å²) in [5.41, 5.74) is 0. The van der Waals surface area contributed by atoms with Gasteiger partial charge in [0.15, 0.2) is 5.13 Å². The maximum absolute atomic E-state index is 5.18. The van der Waals surface area contributed by atoms with Crippen molar-refractivity contribution in [1.82, 2.24) is 4.98 Å². The van der Waals surface area contributed by atoms with Gasteiger partial charge < -0.3 is 10.1 Å². The number of hydrogen-bond acceptors (Lipinski definition) is 4. The number of thiazole rings is 1. The number of nitrogens with one attached hydrogen (secondary N) is 1. The molecule has 1 aromatic heterocycles. The van der Waals surface area contributed by atoms with E-state index >= 15 is 0 Å². The molecule has 2 rings (SSSR count). The maximum atomic E-state index is 5.18. The molecule has 66 valence electrons. The maximum Gasteiger partial charge on any atom is 0.182 e. The van der Waals surface area contributed by atoms with Gasteiger partial charge in [-0.3, -0.25) is 0 Å². The number of hydrogen-bond donors (Lipinski definition) is 1. The molecule has 0 spiro atoms. The summed E-state index contributed by atoms with van der Waals surface area (Å²) in [6.45, 7) is 0. The molecule has 1 fully saturated rings. The number of rotatable bonds is 3. The van der Waals surface area contributed by atoms with Gasteiger partial charge >= 0.3 is 0 Å². The summed E-state index contributed by atoms with van der Waals surface area (Å²) in [5.74, 6) is 0. The average Bonchev–Trinajstić information content (AvgIpc) is 2.47. The summed E-state index contributed by atoms with van der Waals surface area (Å²) in [6, 6.07) is 0.570. The Hall–Kier alpha value is -0.610. The van der Waals surface area contributed by atoms with E-state index in [0.29, 0.717) is 12.1 Å². The highest BCUT2D eigenvalue weighted by Gasteiger charge is 2.28. The topological polar surface area (TPSA) is 34.1 Å². The lowest BCUT2D eigenvalue weighted by molar-refractivity contribution is 0.0329. The van der Waals surface area contributed by atoms with Gasteiger partial charge in [0.05, 0.1) is 6.10 Å². The first-order valence-corrected chi connectivity index (χ1v) is 4.95. The van der Waals surface area contributed by atoms with Crippen LogP contribution in [0.4, 0.5) is 5.13 Å². The molecule has 12 heavy (non-hydrogen) atoms. The molecule has 3 nitrogen and oxygen atoms in total. The van der Waals surface area contributed by atoms with Crippen molar-refractivity contribution in [2.24, 2.45) is 0 Å². The van der Waals surface area contributed by atoms with Crippen LogP contribution in [-0.2, 0) is 4.74 Å². The van der Waals surface area contributed by atoms with Gasteiger partial charge in [-0.25, -0.2) is 4.98 Å². The van der Waals surface area contributed by atoms with Crippen LogP contribution < -0.4 is 5.32 Å². The molecule has 1 aromatic rings. The molecule has 0 saturated heterocycles. The Bertz CT molecular complexity index is 231. The SMILES string of the molecule is COC1CC(Nc2nccs2)C1. The molecule has 0 aliphatic heterocycles. The number of ether oxygens (including phenoxy) is 1. The summed E-state index contributed by atoms with van der Waals surface area (Å²) in [6.07, 6.45) is 4.49. The molecule has 1 heterocycles. The van der Waals surface area contributed by atoms with Gasteiger partial charge in [-0.2, -0.15) is 0 Å². The van der Waals surface area contributed by atoms with E-state index in [-0.39, 0.29) is 0 Å². The normalized spacial score (nSPS) is 28.1. The van der Waals surface area contributed by atoms with E-state index in [1.807, 2.05) is 11.6 Å². The fourth-order valence-electron chi connectivity index (χ4n) is 1.35. The van der Waals surface area contributed by atoms with Crippen LogP contribution in [0.3, 0.4) is 0 Å². The fraction of sp³-hybridized carbons (Fsp3) is 0.625. The van der Waals surface area contributed by atoms with Crippen LogP contribution in [-0.4, -0.2) is 24.2 Å². The van der Waals surface area contributed by atoms with Crippen molar-refractivity contribution < 1.29 is 4.74 Å². The van der Waals surface area contributed by atoms with Gasteiger partial charge in [0.1, 0.15) is 0 Å². The highest BCUT2D eigenvalue weighted by molar-refractivity contribution is 7.13. The summed E-state index contributed by atoms with van der Waals surface area (Å²) in [7, 11) is 1.77. The summed E-state index contributed by atoms with van der Waals surface area (Å²) in [4.78, 5) is 4.16. The number of methoxy groups -OCH3 is 1. The lowest BCUT2D eigenvalue weighted by atomic mass is 9.89. The number of nitrogens with zero attached hydrogens (tertiary/aromatic N) is 1. The van der Waals surface area contributed by atoms with Crippen molar-refractivity contribution >= 4 is 16.5 Å². The van der Waals surface area contributed by atoms with Gasteiger partial charge in [0.2, 0.25) is 0 Å². The Morgan fingerprint density at radius 1 is 1.67 bits per heavy atom. The molecule has 0 unspecified atom stereocenters. The lowest BCUT2D eigenvalue weighted by Crippen LogP contribution is -2.40. The average molecular weight is 184 g/mol. The van der Waals surface area contributed by atoms with Gasteiger partial charge in [0, 0.05) is 24.7 Å². The third-order valence-electron chi connectivity index (χ3n) is 2.19. The van der Waals surface area contributed by atoms with Crippen LogP contribution >= 0.6 is 11.3 Å². The molecular formula is C8H12N2OS. The Balaban J connectivity index is 1.77. The van der Waals surface area contributed by atoms with Crippen LogP contribution in [0, 0.1) is 0 Å². The van der Waals surface area contributed by atoms with Crippen molar-refractivity contribution in [1.29, 1.82) is 0 Å². The minimum Gasteiger partial charge on any atom is -0.381 e. The first-order valence-electron chi connectivity index (χ1n) is 4.07. The molecule has 1 N–H and O–H groups in total. The van der Waals surface area contributed by atoms with Crippen LogP contribution in [0.1, 0.15) is 12.8 Å². The Morgan fingerprint density at radius 2 is 2.50 bits per heavy atom. The zero-order chi connectivity index (χ0) is 8.39. The van der Waals surface area contributed by atoms with Crippen LogP contribution in [0.5, 0.6) is 0 Å². The van der Waals surface area contributed by atoms with Gasteiger partial charge in [0.25, 0.3) is 0 Å². The molecule has 1 saturated carbocycles. The molecule has 4 heteroatoms. The molecule has 1 aliphatic rings. The first-order chi connectivity index (χ1) is 5.88. The monoisotopic (exact) mass is 184 g/mol. The predicted molar refractivity (Wildman–Crippen MR) is 49.6 cm³/mol. The Morgan fingerprint density at radius 3 is 3.08 bits per heavy atom. The number of aromatic nitrogens is 1. The highest BCUT2D eigenvalue weighted by atomic mass is 32.1. The van der Waals surface area contributed by atoms with Crippen LogP contribution in [0.15, 0.2) is 11.6 Å². The quantitative estimate of drug-likeness (QED) is 0.776. The van der Waals surface area contributed by atoms with E-state index in [0.717, 1.165) is 18.0 Å². The highest BCUT2D eigenvalue weighted by Crippen LogP contribution is 2.26. The van der Waals surface area contributed by atoms with Crippen molar-refractivity contribution in [2.75, 3.05) is 12.4 Å². The summed E-state index contributed by atoms with van der Waals surface area (Å²) < 4.78 is 5.18. The van der Waals surface area contributed by atoms with Gasteiger partial charge in [-0.1, -0.05) is 0 Å². The molecule has 1 aliphatic carbocycles. The largest absolute Gasteiger partial charge is 0.381 e. The van der Waals surface area contributed by atoms with E-state index in [9.17, 15) is 0 Å². The van der Waals surface area contributed by atoms with E-state index in [1.165, 1.54) is 0 Å². The second-order valence-electron chi connectivity index (χ2n) is 3.01. The van der Waals surface area contributed by atoms with E-state index in [4.69, 9.17) is 4.74 Å². The van der Waals surface area contributed by atoms with Crippen molar-refractivity contribution in [3.05, 3.63) is 11.6 Å². The Kier molecular flexibility index (Phi) is 2.28. The molecule has 0 bridgehead atoms. The molecule has 0 aromatic carbocycles. The first kappa shape index (κ1) is 8.01. The van der Waals surface area contributed by atoms with Crippen molar-refractivity contribution in [3.8, 4) is 0 Å². The third-order valence-corrected chi connectivity index (χ3v) is 2.89. The standard InChI is InChI=1S/C8H12N2OS/c1-11-7-4-6(5-7)10-8-9-2-3-12-8/h2-3,6-7H,4-5H2,1H3,(H,9,10). The summed E-state index contributed by atoms with van der Waals surface area (Å²) >= 11 is 1.65. The van der Waals surface area contributed by atoms with E-state index in [2.05, 4.69) is 10.3 Å².